The molecule has 0 aliphatic carbocycles. The van der Waals surface area contributed by atoms with Crippen LogP contribution >= 0.6 is 0 Å². The van der Waals surface area contributed by atoms with E-state index in [4.69, 9.17) is 4.74 Å². The van der Waals surface area contributed by atoms with Crippen LogP contribution in [-0.2, 0) is 13.2 Å². The summed E-state index contributed by atoms with van der Waals surface area (Å²) in [7, 11) is 0. The predicted octanol–water partition coefficient (Wildman–Crippen LogP) is 2.88. The fourth-order valence-electron chi connectivity index (χ4n) is 2.01. The van der Waals surface area contributed by atoms with Crippen LogP contribution in [0.1, 0.15) is 24.5 Å². The Hall–Kier alpha value is -1.87. The van der Waals surface area contributed by atoms with Crippen LogP contribution in [0.5, 0.6) is 5.75 Å². The zero-order valence-corrected chi connectivity index (χ0v) is 11.8. The maximum atomic E-state index is 13.5. The van der Waals surface area contributed by atoms with Gasteiger partial charge >= 0.3 is 0 Å². The summed E-state index contributed by atoms with van der Waals surface area (Å²) in [6, 6.07) is 14.7. The highest BCUT2D eigenvalue weighted by Crippen LogP contribution is 2.15. The van der Waals surface area contributed by atoms with Crippen molar-refractivity contribution in [1.82, 2.24) is 0 Å². The first-order valence-corrected chi connectivity index (χ1v) is 7.06. The molecule has 2 aromatic carbocycles. The summed E-state index contributed by atoms with van der Waals surface area (Å²) in [5.41, 5.74) is 1.81. The molecule has 0 aromatic heterocycles. The summed E-state index contributed by atoms with van der Waals surface area (Å²) in [5.74, 6) is 0.565. The van der Waals surface area contributed by atoms with Gasteiger partial charge in [-0.1, -0.05) is 37.3 Å². The maximum Gasteiger partial charge on any atom is 0.129 e. The first kappa shape index (κ1) is 14.5. The van der Waals surface area contributed by atoms with Crippen LogP contribution in [0.2, 0.25) is 0 Å². The van der Waals surface area contributed by atoms with E-state index in [2.05, 4.69) is 18.3 Å². The molecule has 2 nitrogen and oxygen atoms in total. The van der Waals surface area contributed by atoms with Crippen LogP contribution < -0.4 is 10.1 Å². The van der Waals surface area contributed by atoms with Crippen molar-refractivity contribution in [2.24, 2.45) is 0 Å². The molecule has 0 amide bonds. The van der Waals surface area contributed by atoms with Gasteiger partial charge in [0.25, 0.3) is 0 Å². The third-order valence-corrected chi connectivity index (χ3v) is 3.12. The molecule has 0 fully saturated rings. The fourth-order valence-corrected chi connectivity index (χ4v) is 2.01. The van der Waals surface area contributed by atoms with Crippen molar-refractivity contribution < 1.29 is 14.4 Å². The number of benzene rings is 2. The lowest BCUT2D eigenvalue weighted by molar-refractivity contribution is -0.670. The summed E-state index contributed by atoms with van der Waals surface area (Å²) in [6.45, 7) is 4.50. The van der Waals surface area contributed by atoms with Crippen molar-refractivity contribution in [2.75, 3.05) is 6.54 Å². The molecule has 0 aliphatic heterocycles. The van der Waals surface area contributed by atoms with E-state index in [-0.39, 0.29) is 12.4 Å². The molecule has 0 radical (unpaired) electrons. The summed E-state index contributed by atoms with van der Waals surface area (Å²) in [5, 5.41) is 2.27. The molecule has 0 unspecified atom stereocenters. The minimum atomic E-state index is -0.222. The Morgan fingerprint density at radius 2 is 1.95 bits per heavy atom. The average molecular weight is 274 g/mol. The molecule has 0 atom stereocenters. The molecule has 2 rings (SSSR count). The molecule has 0 heterocycles. The maximum absolute atomic E-state index is 13.5. The second-order valence-electron chi connectivity index (χ2n) is 4.81. The lowest BCUT2D eigenvalue weighted by Gasteiger charge is -2.08. The Morgan fingerprint density at radius 1 is 1.10 bits per heavy atom. The minimum Gasteiger partial charge on any atom is -0.489 e. The van der Waals surface area contributed by atoms with Gasteiger partial charge in [-0.15, -0.1) is 0 Å². The van der Waals surface area contributed by atoms with E-state index in [0.29, 0.717) is 5.56 Å². The highest BCUT2D eigenvalue weighted by Gasteiger charge is 2.03. The van der Waals surface area contributed by atoms with Gasteiger partial charge in [0.05, 0.1) is 6.54 Å². The van der Waals surface area contributed by atoms with E-state index in [1.54, 1.807) is 12.1 Å². The number of quaternary nitrogens is 1. The van der Waals surface area contributed by atoms with Crippen molar-refractivity contribution >= 4 is 0 Å². The summed E-state index contributed by atoms with van der Waals surface area (Å²) >= 11 is 0. The summed E-state index contributed by atoms with van der Waals surface area (Å²) in [4.78, 5) is 0. The highest BCUT2D eigenvalue weighted by molar-refractivity contribution is 5.28. The molecule has 0 spiro atoms. The van der Waals surface area contributed by atoms with E-state index in [1.165, 1.54) is 18.1 Å². The number of halogens is 1. The molecule has 0 bridgehead atoms. The van der Waals surface area contributed by atoms with Gasteiger partial charge in [-0.2, -0.15) is 0 Å². The molecule has 3 heteroatoms. The van der Waals surface area contributed by atoms with Crippen molar-refractivity contribution in [3.8, 4) is 5.75 Å². The molecule has 20 heavy (non-hydrogen) atoms. The molecule has 2 aromatic rings. The molecular weight excluding hydrogens is 253 g/mol. The fraction of sp³-hybridized carbons (Fsp3) is 0.294. The van der Waals surface area contributed by atoms with Gasteiger partial charge in [-0.05, 0) is 24.6 Å². The van der Waals surface area contributed by atoms with E-state index < -0.39 is 0 Å². The van der Waals surface area contributed by atoms with Crippen LogP contribution in [0, 0.1) is 5.82 Å². The summed E-state index contributed by atoms with van der Waals surface area (Å²) < 4.78 is 19.2. The number of hydrogen-bond acceptors (Lipinski definition) is 1. The Balaban J connectivity index is 1.93. The molecular formula is C17H21FNO+. The predicted molar refractivity (Wildman–Crippen MR) is 78.0 cm³/mol. The van der Waals surface area contributed by atoms with E-state index >= 15 is 0 Å². The molecule has 0 aliphatic rings. The van der Waals surface area contributed by atoms with Crippen LogP contribution in [0.4, 0.5) is 4.39 Å². The zero-order valence-electron chi connectivity index (χ0n) is 11.8. The topological polar surface area (TPSA) is 25.8 Å². The van der Waals surface area contributed by atoms with Crippen molar-refractivity contribution in [3.63, 3.8) is 0 Å². The number of ether oxygens (including phenoxy) is 1. The van der Waals surface area contributed by atoms with Crippen LogP contribution in [0.25, 0.3) is 0 Å². The van der Waals surface area contributed by atoms with Gasteiger partial charge in [-0.3, -0.25) is 0 Å². The molecule has 106 valence electrons. The van der Waals surface area contributed by atoms with E-state index in [9.17, 15) is 4.39 Å². The zero-order chi connectivity index (χ0) is 14.2. The third kappa shape index (κ3) is 4.35. The SMILES string of the molecule is CCC[NH2+]Cc1cccc(OCc2ccccc2F)c1. The van der Waals surface area contributed by atoms with Gasteiger partial charge in [0.2, 0.25) is 0 Å². The minimum absolute atomic E-state index is 0.222. The Bertz CT molecular complexity index is 542. The molecule has 2 N–H and O–H groups in total. The Labute approximate surface area is 119 Å². The number of nitrogens with two attached hydrogens (primary N) is 1. The highest BCUT2D eigenvalue weighted by atomic mass is 19.1. The smallest absolute Gasteiger partial charge is 0.129 e. The van der Waals surface area contributed by atoms with Gasteiger partial charge in [0, 0.05) is 11.1 Å². The average Bonchev–Trinajstić information content (AvgIpc) is 2.47. The van der Waals surface area contributed by atoms with Crippen molar-refractivity contribution in [3.05, 3.63) is 65.5 Å². The number of rotatable bonds is 7. The lowest BCUT2D eigenvalue weighted by atomic mass is 10.2. The van der Waals surface area contributed by atoms with Gasteiger partial charge in [0.15, 0.2) is 0 Å². The van der Waals surface area contributed by atoms with E-state index in [0.717, 1.165) is 18.8 Å². The second-order valence-corrected chi connectivity index (χ2v) is 4.81. The number of hydrogen-bond donors (Lipinski definition) is 1. The molecule has 0 saturated heterocycles. The first-order valence-electron chi connectivity index (χ1n) is 7.06. The van der Waals surface area contributed by atoms with Crippen molar-refractivity contribution in [1.29, 1.82) is 0 Å². The molecule has 0 saturated carbocycles. The van der Waals surface area contributed by atoms with Gasteiger partial charge < -0.3 is 10.1 Å². The quantitative estimate of drug-likeness (QED) is 0.772. The Kier molecular flexibility index (Phi) is 5.56. The lowest BCUT2D eigenvalue weighted by Crippen LogP contribution is -2.82. The second kappa shape index (κ2) is 7.65. The normalized spacial score (nSPS) is 10.5. The third-order valence-electron chi connectivity index (χ3n) is 3.12. The van der Waals surface area contributed by atoms with Crippen LogP contribution in [0.3, 0.4) is 0 Å². The largest absolute Gasteiger partial charge is 0.489 e. The van der Waals surface area contributed by atoms with E-state index in [1.807, 2.05) is 24.3 Å². The van der Waals surface area contributed by atoms with Crippen LogP contribution in [0.15, 0.2) is 48.5 Å². The monoisotopic (exact) mass is 274 g/mol. The summed E-state index contributed by atoms with van der Waals surface area (Å²) in [6.07, 6.45) is 1.17. The standard InChI is InChI=1S/C17H20FNO/c1-2-10-19-12-14-6-5-8-16(11-14)20-13-15-7-3-4-9-17(15)18/h3-9,11,19H,2,10,12-13H2,1H3/p+1. The first-order chi connectivity index (χ1) is 9.79. The van der Waals surface area contributed by atoms with Gasteiger partial charge in [-0.25, -0.2) is 4.39 Å². The van der Waals surface area contributed by atoms with Crippen molar-refractivity contribution in [2.45, 2.75) is 26.5 Å². The van der Waals surface area contributed by atoms with Gasteiger partial charge in [0.1, 0.15) is 24.7 Å². The Morgan fingerprint density at radius 3 is 2.75 bits per heavy atom. The van der Waals surface area contributed by atoms with Crippen LogP contribution in [-0.4, -0.2) is 6.54 Å².